The number of unbranched alkanes of at least 4 members (excludes halogenated alkanes) is 1. The van der Waals surface area contributed by atoms with Gasteiger partial charge in [0.15, 0.2) is 0 Å². The van der Waals surface area contributed by atoms with Crippen molar-refractivity contribution >= 4 is 5.91 Å². The van der Waals surface area contributed by atoms with E-state index in [-0.39, 0.29) is 18.9 Å². The quantitative estimate of drug-likeness (QED) is 0.792. The summed E-state index contributed by atoms with van der Waals surface area (Å²) in [6, 6.07) is 6.42. The lowest BCUT2D eigenvalue weighted by Gasteiger charge is -2.29. The molecule has 6 heteroatoms. The van der Waals surface area contributed by atoms with Gasteiger partial charge in [-0.1, -0.05) is 36.2 Å². The third-order valence-electron chi connectivity index (χ3n) is 4.49. The summed E-state index contributed by atoms with van der Waals surface area (Å²) in [5.74, 6) is -0.351. The Balaban J connectivity index is 1.88. The smallest absolute Gasteiger partial charge is 0.288 e. The van der Waals surface area contributed by atoms with Gasteiger partial charge in [-0.2, -0.15) is 13.2 Å². The zero-order valence-corrected chi connectivity index (χ0v) is 14.4. The second kappa shape index (κ2) is 7.13. The molecular formula is C18H25F3N2O. The number of hydrogen-bond acceptors (Lipinski definition) is 2. The van der Waals surface area contributed by atoms with Crippen molar-refractivity contribution in [1.29, 1.82) is 0 Å². The number of hydrazine groups is 1. The molecule has 3 nitrogen and oxygen atoms in total. The van der Waals surface area contributed by atoms with Crippen LogP contribution in [0.2, 0.25) is 0 Å². The van der Waals surface area contributed by atoms with Crippen LogP contribution in [0.5, 0.6) is 0 Å². The Hall–Kier alpha value is -1.56. The van der Waals surface area contributed by atoms with E-state index in [1.165, 1.54) is 5.56 Å². The van der Waals surface area contributed by atoms with Gasteiger partial charge in [0.25, 0.3) is 0 Å². The van der Waals surface area contributed by atoms with Crippen molar-refractivity contribution in [1.82, 2.24) is 10.4 Å². The van der Waals surface area contributed by atoms with E-state index >= 15 is 0 Å². The topological polar surface area (TPSA) is 32.3 Å². The molecule has 0 bridgehead atoms. The first-order valence-electron chi connectivity index (χ1n) is 8.29. The molecule has 1 aromatic rings. The molecule has 1 atom stereocenters. The summed E-state index contributed by atoms with van der Waals surface area (Å²) in [7, 11) is 0. The minimum atomic E-state index is -4.35. The van der Waals surface area contributed by atoms with E-state index < -0.39 is 17.6 Å². The van der Waals surface area contributed by atoms with Crippen LogP contribution >= 0.6 is 0 Å². The molecule has 1 aliphatic rings. The number of hydrogen-bond donors (Lipinski definition) is 1. The predicted molar refractivity (Wildman–Crippen MR) is 87.2 cm³/mol. The maximum atomic E-state index is 13.4. The lowest BCUT2D eigenvalue weighted by atomic mass is 9.94. The van der Waals surface area contributed by atoms with Gasteiger partial charge in [-0.15, -0.1) is 0 Å². The minimum Gasteiger partial charge on any atom is -0.288 e. The fourth-order valence-corrected chi connectivity index (χ4v) is 2.92. The van der Waals surface area contributed by atoms with E-state index in [1.807, 2.05) is 31.2 Å². The van der Waals surface area contributed by atoms with E-state index in [1.54, 1.807) is 13.8 Å². The van der Waals surface area contributed by atoms with Crippen LogP contribution in [0.15, 0.2) is 24.3 Å². The second-order valence-electron chi connectivity index (χ2n) is 7.24. The molecule has 0 spiro atoms. The number of nitrogens with one attached hydrogen (secondary N) is 1. The van der Waals surface area contributed by atoms with Crippen molar-refractivity contribution in [2.45, 2.75) is 58.7 Å². The van der Waals surface area contributed by atoms with Gasteiger partial charge < -0.3 is 0 Å². The Bertz CT molecular complexity index is 567. The lowest BCUT2D eigenvalue weighted by Crippen LogP contribution is -2.49. The number of carbonyl (C=O) groups is 1. The highest BCUT2D eigenvalue weighted by atomic mass is 19.4. The summed E-state index contributed by atoms with van der Waals surface area (Å²) in [6.07, 6.45) is -2.43. The molecule has 1 amide bonds. The van der Waals surface area contributed by atoms with Gasteiger partial charge in [0.2, 0.25) is 5.91 Å². The van der Waals surface area contributed by atoms with Crippen LogP contribution in [0.25, 0.3) is 0 Å². The second-order valence-corrected chi connectivity index (χ2v) is 7.24. The summed E-state index contributed by atoms with van der Waals surface area (Å²) in [6.45, 7) is 5.40. The molecule has 1 heterocycles. The van der Waals surface area contributed by atoms with Gasteiger partial charge in [0.05, 0.1) is 5.41 Å². The molecule has 0 aromatic heterocycles. The number of aryl methyl sites for hydroxylation is 2. The van der Waals surface area contributed by atoms with Gasteiger partial charge in [-0.05, 0) is 45.6 Å². The van der Waals surface area contributed by atoms with E-state index in [0.717, 1.165) is 17.0 Å². The molecule has 1 saturated heterocycles. The summed E-state index contributed by atoms with van der Waals surface area (Å²) in [5, 5.41) is 1.06. The first-order chi connectivity index (χ1) is 11.1. The normalized spacial score (nSPS) is 19.3. The van der Waals surface area contributed by atoms with Gasteiger partial charge in [0.1, 0.15) is 6.04 Å². The lowest BCUT2D eigenvalue weighted by molar-refractivity contribution is -0.190. The summed E-state index contributed by atoms with van der Waals surface area (Å²) in [5.41, 5.74) is 3.91. The molecule has 2 rings (SSSR count). The van der Waals surface area contributed by atoms with Gasteiger partial charge in [0, 0.05) is 6.54 Å². The van der Waals surface area contributed by atoms with Gasteiger partial charge in [-0.25, -0.2) is 5.01 Å². The number of carbonyl (C=O) groups excluding carboxylic acids is 1. The number of halogens is 3. The van der Waals surface area contributed by atoms with Gasteiger partial charge in [-0.3, -0.25) is 10.2 Å². The molecule has 24 heavy (non-hydrogen) atoms. The SMILES string of the molecule is Cc1ccc(CCCC[C@H](N2CC(C)(C)C(=O)N2)C(F)(F)F)cc1. The van der Waals surface area contributed by atoms with Crippen molar-refractivity contribution < 1.29 is 18.0 Å². The Morgan fingerprint density at radius 3 is 2.33 bits per heavy atom. The van der Waals surface area contributed by atoms with E-state index in [4.69, 9.17) is 0 Å². The Morgan fingerprint density at radius 2 is 1.83 bits per heavy atom. The average molecular weight is 342 g/mol. The fourth-order valence-electron chi connectivity index (χ4n) is 2.92. The highest BCUT2D eigenvalue weighted by molar-refractivity contribution is 5.83. The average Bonchev–Trinajstić information content (AvgIpc) is 2.72. The van der Waals surface area contributed by atoms with Crippen LogP contribution < -0.4 is 5.43 Å². The largest absolute Gasteiger partial charge is 0.405 e. The van der Waals surface area contributed by atoms with E-state index in [0.29, 0.717) is 12.8 Å². The van der Waals surface area contributed by atoms with Crippen molar-refractivity contribution in [2.24, 2.45) is 5.41 Å². The standard InChI is InChI=1S/C18H25F3N2O/c1-13-8-10-14(11-9-13)6-4-5-7-15(18(19,20)21)23-12-17(2,3)16(24)22-23/h8-11,15H,4-7,12H2,1-3H3,(H,22,24)/t15-/m0/s1. The van der Waals surface area contributed by atoms with Crippen molar-refractivity contribution in [3.8, 4) is 0 Å². The van der Waals surface area contributed by atoms with Crippen molar-refractivity contribution in [3.05, 3.63) is 35.4 Å². The monoisotopic (exact) mass is 342 g/mol. The molecule has 1 aromatic carbocycles. The van der Waals surface area contributed by atoms with Crippen LogP contribution in [0, 0.1) is 12.3 Å². The number of benzene rings is 1. The maximum absolute atomic E-state index is 13.4. The highest BCUT2D eigenvalue weighted by Crippen LogP contribution is 2.33. The predicted octanol–water partition coefficient (Wildman–Crippen LogP) is 4.01. The Labute approximate surface area is 141 Å². The van der Waals surface area contributed by atoms with Crippen molar-refractivity contribution in [2.75, 3.05) is 6.54 Å². The summed E-state index contributed by atoms with van der Waals surface area (Å²) < 4.78 is 40.1. The number of alkyl halides is 3. The van der Waals surface area contributed by atoms with Crippen LogP contribution in [0.1, 0.15) is 44.2 Å². The first-order valence-corrected chi connectivity index (χ1v) is 8.29. The van der Waals surface area contributed by atoms with Crippen molar-refractivity contribution in [3.63, 3.8) is 0 Å². The van der Waals surface area contributed by atoms with Gasteiger partial charge >= 0.3 is 6.18 Å². The molecular weight excluding hydrogens is 317 g/mol. The molecule has 1 N–H and O–H groups in total. The summed E-state index contributed by atoms with van der Waals surface area (Å²) >= 11 is 0. The number of nitrogens with zero attached hydrogens (tertiary/aromatic N) is 1. The van der Waals surface area contributed by atoms with Crippen LogP contribution in [0.3, 0.4) is 0 Å². The molecule has 0 unspecified atom stereocenters. The molecule has 0 aliphatic carbocycles. The molecule has 0 saturated carbocycles. The Morgan fingerprint density at radius 1 is 1.21 bits per heavy atom. The third-order valence-corrected chi connectivity index (χ3v) is 4.49. The number of amides is 1. The van der Waals surface area contributed by atoms with E-state index in [9.17, 15) is 18.0 Å². The number of rotatable bonds is 6. The zero-order chi connectivity index (χ0) is 18.0. The molecule has 0 radical (unpaired) electrons. The molecule has 1 fully saturated rings. The Kier molecular flexibility index (Phi) is 5.58. The zero-order valence-electron chi connectivity index (χ0n) is 14.4. The van der Waals surface area contributed by atoms with Crippen LogP contribution in [0.4, 0.5) is 13.2 Å². The first kappa shape index (κ1) is 18.8. The minimum absolute atomic E-state index is 0.00821. The van der Waals surface area contributed by atoms with E-state index in [2.05, 4.69) is 5.43 Å². The maximum Gasteiger partial charge on any atom is 0.405 e. The fraction of sp³-hybridized carbons (Fsp3) is 0.611. The molecule has 1 aliphatic heterocycles. The van der Waals surface area contributed by atoms with Crippen LogP contribution in [-0.4, -0.2) is 29.7 Å². The molecule has 134 valence electrons. The highest BCUT2D eigenvalue weighted by Gasteiger charge is 2.49. The summed E-state index contributed by atoms with van der Waals surface area (Å²) in [4.78, 5) is 11.8. The van der Waals surface area contributed by atoms with Crippen LogP contribution in [-0.2, 0) is 11.2 Å². The third kappa shape index (κ3) is 4.72.